The number of rotatable bonds is 2. The zero-order valence-electron chi connectivity index (χ0n) is 16.4. The predicted molar refractivity (Wildman–Crippen MR) is 106 cm³/mol. The lowest BCUT2D eigenvalue weighted by atomic mass is 9.66. The fourth-order valence-corrected chi connectivity index (χ4v) is 4.84. The number of alkyl halides is 3. The second kappa shape index (κ2) is 7.56. The number of nitrogens with one attached hydrogen (secondary N) is 1. The van der Waals surface area contributed by atoms with E-state index in [1.54, 1.807) is 30.3 Å². The third-order valence-corrected chi connectivity index (χ3v) is 6.43. The Morgan fingerprint density at radius 3 is 2.42 bits per heavy atom. The molecule has 0 spiro atoms. The van der Waals surface area contributed by atoms with Crippen molar-refractivity contribution in [1.82, 2.24) is 0 Å². The Morgan fingerprint density at radius 2 is 1.81 bits per heavy atom. The molecule has 1 fully saturated rings. The van der Waals surface area contributed by atoms with Crippen LogP contribution in [0.4, 0.5) is 18.9 Å². The van der Waals surface area contributed by atoms with Crippen LogP contribution in [0.1, 0.15) is 40.7 Å². The van der Waals surface area contributed by atoms with Crippen molar-refractivity contribution in [3.63, 3.8) is 0 Å². The molecule has 1 aliphatic carbocycles. The highest BCUT2D eigenvalue weighted by atomic mass is 19.4. The van der Waals surface area contributed by atoms with E-state index in [0.717, 1.165) is 6.07 Å². The molecule has 0 radical (unpaired) electrons. The third-order valence-electron chi connectivity index (χ3n) is 6.43. The number of benzene rings is 2. The molecule has 31 heavy (non-hydrogen) atoms. The quantitative estimate of drug-likeness (QED) is 0.681. The van der Waals surface area contributed by atoms with Crippen LogP contribution in [0.25, 0.3) is 0 Å². The maximum Gasteiger partial charge on any atom is 0.417 e. The van der Waals surface area contributed by atoms with E-state index in [-0.39, 0.29) is 18.0 Å². The number of hydrogen-bond donors (Lipinski definition) is 3. The first kappa shape index (κ1) is 21.2. The third kappa shape index (κ3) is 3.74. The highest BCUT2D eigenvalue weighted by Crippen LogP contribution is 2.45. The van der Waals surface area contributed by atoms with Crippen LogP contribution in [0.15, 0.2) is 36.4 Å². The number of anilines is 1. The van der Waals surface area contributed by atoms with E-state index in [1.165, 1.54) is 6.07 Å². The second-order valence-corrected chi connectivity index (χ2v) is 8.32. The van der Waals surface area contributed by atoms with Crippen LogP contribution < -0.4 is 5.32 Å². The Kier molecular flexibility index (Phi) is 5.17. The van der Waals surface area contributed by atoms with Gasteiger partial charge in [0.05, 0.1) is 41.0 Å². The Hall–Kier alpha value is -3.07. The molecule has 1 saturated carbocycles. The van der Waals surface area contributed by atoms with Gasteiger partial charge in [0, 0.05) is 12.1 Å². The summed E-state index contributed by atoms with van der Waals surface area (Å²) in [5.74, 6) is -0.109. The van der Waals surface area contributed by atoms with Gasteiger partial charge in [0.1, 0.15) is 5.60 Å². The molecule has 8 heteroatoms. The van der Waals surface area contributed by atoms with Crippen LogP contribution >= 0.6 is 0 Å². The van der Waals surface area contributed by atoms with Gasteiger partial charge < -0.3 is 15.5 Å². The minimum Gasteiger partial charge on any atom is -0.390 e. The first-order valence-corrected chi connectivity index (χ1v) is 9.96. The summed E-state index contributed by atoms with van der Waals surface area (Å²) in [5.41, 5.74) is -1.04. The van der Waals surface area contributed by atoms with Crippen LogP contribution in [0.3, 0.4) is 0 Å². The molecular formula is C23H20F3N3O2. The van der Waals surface area contributed by atoms with Crippen molar-refractivity contribution in [1.29, 1.82) is 10.5 Å². The van der Waals surface area contributed by atoms with Gasteiger partial charge >= 0.3 is 6.18 Å². The number of aliphatic hydroxyl groups is 2. The van der Waals surface area contributed by atoms with Gasteiger partial charge in [-0.05, 0) is 60.6 Å². The number of nitriles is 2. The van der Waals surface area contributed by atoms with E-state index in [2.05, 4.69) is 5.32 Å². The Morgan fingerprint density at radius 1 is 1.10 bits per heavy atom. The lowest BCUT2D eigenvalue weighted by Crippen LogP contribution is -2.63. The highest BCUT2D eigenvalue weighted by molar-refractivity contribution is 5.62. The molecular weight excluding hydrogens is 407 g/mol. The molecule has 3 unspecified atom stereocenters. The van der Waals surface area contributed by atoms with Crippen LogP contribution in [0, 0.1) is 28.6 Å². The molecule has 0 bridgehead atoms. The van der Waals surface area contributed by atoms with Crippen molar-refractivity contribution >= 4 is 5.69 Å². The van der Waals surface area contributed by atoms with Gasteiger partial charge in [-0.2, -0.15) is 23.7 Å². The van der Waals surface area contributed by atoms with Gasteiger partial charge in [-0.25, -0.2) is 0 Å². The van der Waals surface area contributed by atoms with Crippen molar-refractivity contribution in [3.05, 3.63) is 64.2 Å². The fraction of sp³-hybridized carbons (Fsp3) is 0.391. The molecule has 2 aliphatic rings. The van der Waals surface area contributed by atoms with Crippen molar-refractivity contribution in [2.45, 2.75) is 49.6 Å². The van der Waals surface area contributed by atoms with Crippen molar-refractivity contribution in [2.75, 3.05) is 5.32 Å². The van der Waals surface area contributed by atoms with Crippen LogP contribution in [0.2, 0.25) is 0 Å². The molecule has 5 nitrogen and oxygen atoms in total. The minimum atomic E-state index is -4.68. The molecule has 2 aromatic rings. The molecule has 0 aromatic heterocycles. The van der Waals surface area contributed by atoms with Gasteiger partial charge in [0.15, 0.2) is 0 Å². The zero-order chi connectivity index (χ0) is 22.4. The summed E-state index contributed by atoms with van der Waals surface area (Å²) in [6, 6.07) is 11.8. The Bertz CT molecular complexity index is 1090. The zero-order valence-corrected chi connectivity index (χ0v) is 16.4. The summed E-state index contributed by atoms with van der Waals surface area (Å²) in [4.78, 5) is 0. The standard InChI is InChI=1S/C23H20F3N3O2/c24-23(25,26)18-9-19-16(8-17(18)12-28)7-15-5-6-20(30)22(31,21(15)29-19)10-13-1-3-14(11-27)4-2-13/h1-4,8-9,15,20-21,29-31H,5-7,10H2/t15?,20?,21?,22-/m1/s1. The normalized spacial score (nSPS) is 27.3. The molecule has 160 valence electrons. The lowest BCUT2D eigenvalue weighted by molar-refractivity contribution is -0.137. The largest absolute Gasteiger partial charge is 0.417 e. The minimum absolute atomic E-state index is 0.0891. The molecule has 2 aromatic carbocycles. The lowest BCUT2D eigenvalue weighted by Gasteiger charge is -2.51. The van der Waals surface area contributed by atoms with E-state index >= 15 is 0 Å². The summed E-state index contributed by atoms with van der Waals surface area (Å²) in [5, 5.41) is 43.4. The van der Waals surface area contributed by atoms with Crippen molar-refractivity contribution in [2.24, 2.45) is 5.92 Å². The molecule has 4 atom stereocenters. The van der Waals surface area contributed by atoms with Crippen molar-refractivity contribution in [3.8, 4) is 12.1 Å². The van der Waals surface area contributed by atoms with Gasteiger partial charge in [-0.15, -0.1) is 0 Å². The van der Waals surface area contributed by atoms with Gasteiger partial charge in [-0.3, -0.25) is 0 Å². The Labute approximate surface area is 177 Å². The summed E-state index contributed by atoms with van der Waals surface area (Å²) in [7, 11) is 0. The summed E-state index contributed by atoms with van der Waals surface area (Å²) in [6.45, 7) is 0. The van der Waals surface area contributed by atoms with E-state index in [4.69, 9.17) is 5.26 Å². The first-order valence-electron chi connectivity index (χ1n) is 9.96. The summed E-state index contributed by atoms with van der Waals surface area (Å²) >= 11 is 0. The summed E-state index contributed by atoms with van der Waals surface area (Å²) < 4.78 is 40.2. The fourth-order valence-electron chi connectivity index (χ4n) is 4.84. The topological polar surface area (TPSA) is 100 Å². The van der Waals surface area contributed by atoms with Crippen LogP contribution in [-0.2, 0) is 19.0 Å². The second-order valence-electron chi connectivity index (χ2n) is 8.32. The monoisotopic (exact) mass is 427 g/mol. The van der Waals surface area contributed by atoms with Gasteiger partial charge in [-0.1, -0.05) is 12.1 Å². The van der Waals surface area contributed by atoms with Crippen LogP contribution in [0.5, 0.6) is 0 Å². The Balaban J connectivity index is 1.70. The highest BCUT2D eigenvalue weighted by Gasteiger charge is 2.52. The number of fused-ring (bicyclic) bond motifs is 2. The first-order chi connectivity index (χ1) is 14.7. The molecule has 4 rings (SSSR count). The SMILES string of the molecule is N#Cc1ccc(C[C@@]2(O)C(O)CCC3Cc4cc(C#N)c(C(F)(F)F)cc4NC32)cc1. The average Bonchev–Trinajstić information content (AvgIpc) is 2.74. The number of nitrogens with zero attached hydrogens (tertiary/aromatic N) is 2. The number of aliphatic hydroxyl groups excluding tert-OH is 1. The van der Waals surface area contributed by atoms with Gasteiger partial charge in [0.2, 0.25) is 0 Å². The molecule has 0 amide bonds. The van der Waals surface area contributed by atoms with E-state index < -0.39 is 35.1 Å². The molecule has 0 saturated heterocycles. The smallest absolute Gasteiger partial charge is 0.390 e. The van der Waals surface area contributed by atoms with E-state index in [1.807, 2.05) is 6.07 Å². The van der Waals surface area contributed by atoms with E-state index in [9.17, 15) is 28.6 Å². The average molecular weight is 427 g/mol. The van der Waals surface area contributed by atoms with E-state index in [0.29, 0.717) is 36.0 Å². The maximum absolute atomic E-state index is 13.4. The van der Waals surface area contributed by atoms with Crippen LogP contribution in [-0.4, -0.2) is 28.0 Å². The molecule has 1 heterocycles. The van der Waals surface area contributed by atoms with Crippen molar-refractivity contribution < 1.29 is 23.4 Å². The molecule has 3 N–H and O–H groups in total. The number of hydrogen-bond acceptors (Lipinski definition) is 5. The molecule has 1 aliphatic heterocycles. The van der Waals surface area contributed by atoms with Gasteiger partial charge in [0.25, 0.3) is 0 Å². The maximum atomic E-state index is 13.4. The predicted octanol–water partition coefficient (Wildman–Crippen LogP) is 3.53. The number of halogens is 3. The summed E-state index contributed by atoms with van der Waals surface area (Å²) in [6.07, 6.45) is -4.29.